The molecule has 0 aromatic carbocycles. The number of methoxy groups -OCH3 is 1. The Kier molecular flexibility index (Phi) is 3.12. The molecule has 0 radical (unpaired) electrons. The van der Waals surface area contributed by atoms with E-state index in [4.69, 9.17) is 4.74 Å². The van der Waals surface area contributed by atoms with Gasteiger partial charge in [-0.3, -0.25) is 4.79 Å². The number of hydrogen-bond donors (Lipinski definition) is 1. The third-order valence-electron chi connectivity index (χ3n) is 4.63. The quantitative estimate of drug-likeness (QED) is 0.849. The molecule has 21 heavy (non-hydrogen) atoms. The van der Waals surface area contributed by atoms with E-state index in [1.165, 1.54) is 0 Å². The lowest BCUT2D eigenvalue weighted by atomic mass is 9.58. The Morgan fingerprint density at radius 1 is 1.52 bits per heavy atom. The minimum atomic E-state index is -0.967. The number of hydrogen-bond acceptors (Lipinski definition) is 3. The Balaban J connectivity index is 2.30. The average molecular weight is 285 g/mol. The van der Waals surface area contributed by atoms with E-state index >= 15 is 0 Å². The summed E-state index contributed by atoms with van der Waals surface area (Å²) in [5.74, 6) is -0.134. The Labute approximate surface area is 124 Å². The van der Waals surface area contributed by atoms with Gasteiger partial charge in [0.05, 0.1) is 12.8 Å². The molecule has 110 valence electrons. The largest absolute Gasteiger partial charge is 0.481 e. The Morgan fingerprint density at radius 3 is 2.90 bits per heavy atom. The average Bonchev–Trinajstić information content (AvgIpc) is 2.45. The highest BCUT2D eigenvalue weighted by molar-refractivity contribution is 5.88. The molecule has 0 aliphatic heterocycles. The van der Waals surface area contributed by atoms with Gasteiger partial charge in [-0.15, -0.1) is 0 Å². The molecule has 1 heterocycles. The number of carbonyl (C=O) groups is 1. The van der Waals surface area contributed by atoms with Crippen LogP contribution in [0.1, 0.15) is 31.5 Å². The van der Waals surface area contributed by atoms with E-state index in [0.717, 1.165) is 28.8 Å². The van der Waals surface area contributed by atoms with Crippen molar-refractivity contribution in [2.45, 2.75) is 32.1 Å². The fraction of sp³-hybridized carbons (Fsp3) is 0.412. The van der Waals surface area contributed by atoms with Crippen LogP contribution >= 0.6 is 0 Å². The van der Waals surface area contributed by atoms with Gasteiger partial charge in [-0.05, 0) is 31.4 Å². The lowest BCUT2D eigenvalue weighted by Crippen LogP contribution is -2.46. The smallest absolute Gasteiger partial charge is 0.318 e. The molecule has 1 aromatic heterocycles. The van der Waals surface area contributed by atoms with Crippen LogP contribution in [-0.2, 0) is 16.6 Å². The first-order chi connectivity index (χ1) is 10.0. The molecule has 4 nitrogen and oxygen atoms in total. The fourth-order valence-corrected chi connectivity index (χ4v) is 3.87. The summed E-state index contributed by atoms with van der Waals surface area (Å²) in [6.45, 7) is 3.94. The van der Waals surface area contributed by atoms with Crippen molar-refractivity contribution in [3.63, 3.8) is 0 Å². The molecule has 2 aliphatic rings. The second-order valence-corrected chi connectivity index (χ2v) is 5.80. The number of pyridine rings is 1. The minimum absolute atomic E-state index is 0.118. The Morgan fingerprint density at radius 2 is 2.29 bits per heavy atom. The maximum atomic E-state index is 12.2. The highest BCUT2D eigenvalue weighted by Crippen LogP contribution is 2.51. The molecule has 0 amide bonds. The number of ether oxygens (including phenoxy) is 1. The Hall–Kier alpha value is -2.10. The zero-order valence-corrected chi connectivity index (χ0v) is 12.5. The molecule has 2 atom stereocenters. The summed E-state index contributed by atoms with van der Waals surface area (Å²) in [5, 5.41) is 10.0. The first-order valence-electron chi connectivity index (χ1n) is 7.14. The van der Waals surface area contributed by atoms with E-state index in [1.54, 1.807) is 13.2 Å². The predicted molar refractivity (Wildman–Crippen MR) is 79.4 cm³/mol. The molecule has 2 unspecified atom stereocenters. The van der Waals surface area contributed by atoms with E-state index in [-0.39, 0.29) is 5.92 Å². The van der Waals surface area contributed by atoms with Gasteiger partial charge in [-0.1, -0.05) is 23.8 Å². The number of carboxylic acids is 1. The second-order valence-electron chi connectivity index (χ2n) is 5.80. The van der Waals surface area contributed by atoms with Crippen molar-refractivity contribution in [2.24, 2.45) is 5.92 Å². The summed E-state index contributed by atoms with van der Waals surface area (Å²) in [6, 6.07) is 3.62. The summed E-state index contributed by atoms with van der Waals surface area (Å²) in [5.41, 5.74) is 2.81. The van der Waals surface area contributed by atoms with Gasteiger partial charge in [-0.25, -0.2) is 4.98 Å². The first-order valence-corrected chi connectivity index (χ1v) is 7.14. The molecular weight excluding hydrogens is 266 g/mol. The van der Waals surface area contributed by atoms with E-state index in [0.29, 0.717) is 12.3 Å². The van der Waals surface area contributed by atoms with E-state index < -0.39 is 11.4 Å². The highest BCUT2D eigenvalue weighted by Gasteiger charge is 2.52. The zero-order valence-electron chi connectivity index (χ0n) is 12.5. The topological polar surface area (TPSA) is 59.4 Å². The standard InChI is InChI=1S/C17H19NO3/c1-4-12-11-7-10(2)9-17(12,16(19)20)13-5-6-15(21-3)18-14(13)8-11/h4-7,11H,8-9H2,1-3H3,(H,19,20)/b12-4+. The first kappa shape index (κ1) is 13.9. The second kappa shape index (κ2) is 4.72. The van der Waals surface area contributed by atoms with Gasteiger partial charge in [0.15, 0.2) is 0 Å². The van der Waals surface area contributed by atoms with Crippen molar-refractivity contribution in [2.75, 3.05) is 7.11 Å². The van der Waals surface area contributed by atoms with Crippen LogP contribution in [0, 0.1) is 5.92 Å². The van der Waals surface area contributed by atoms with Crippen LogP contribution in [-0.4, -0.2) is 23.2 Å². The lowest BCUT2D eigenvalue weighted by Gasteiger charge is -2.44. The number of carboxylic acid groups (broad SMARTS) is 1. The lowest BCUT2D eigenvalue weighted by molar-refractivity contribution is -0.142. The molecule has 4 heteroatoms. The molecule has 0 spiro atoms. The van der Waals surface area contributed by atoms with Crippen LogP contribution in [0.5, 0.6) is 5.88 Å². The van der Waals surface area contributed by atoms with Crippen LogP contribution in [0.4, 0.5) is 0 Å². The molecule has 0 saturated carbocycles. The van der Waals surface area contributed by atoms with Gasteiger partial charge < -0.3 is 9.84 Å². The van der Waals surface area contributed by atoms with Gasteiger partial charge >= 0.3 is 5.97 Å². The predicted octanol–water partition coefficient (Wildman–Crippen LogP) is 2.88. The van der Waals surface area contributed by atoms with Crippen molar-refractivity contribution in [3.05, 3.63) is 46.7 Å². The SMILES string of the molecule is C/C=C1\C2C=C(C)CC1(C(=O)O)c1ccc(OC)nc1C2. The zero-order chi connectivity index (χ0) is 15.2. The van der Waals surface area contributed by atoms with Crippen LogP contribution in [0.3, 0.4) is 0 Å². The summed E-state index contributed by atoms with van der Waals surface area (Å²) >= 11 is 0. The van der Waals surface area contributed by atoms with Gasteiger partial charge in [0.2, 0.25) is 5.88 Å². The maximum Gasteiger partial charge on any atom is 0.318 e. The van der Waals surface area contributed by atoms with E-state index in [2.05, 4.69) is 11.1 Å². The van der Waals surface area contributed by atoms with Gasteiger partial charge in [-0.2, -0.15) is 0 Å². The normalized spacial score (nSPS) is 28.8. The van der Waals surface area contributed by atoms with E-state index in [9.17, 15) is 9.90 Å². The fourth-order valence-electron chi connectivity index (χ4n) is 3.87. The van der Waals surface area contributed by atoms with Crippen molar-refractivity contribution < 1.29 is 14.6 Å². The van der Waals surface area contributed by atoms with E-state index in [1.807, 2.05) is 26.0 Å². The number of rotatable bonds is 2. The number of nitrogens with zero attached hydrogens (tertiary/aromatic N) is 1. The summed E-state index contributed by atoms with van der Waals surface area (Å²) in [7, 11) is 1.58. The molecular formula is C17H19NO3. The molecule has 2 bridgehead atoms. The van der Waals surface area contributed by atoms with Crippen LogP contribution in [0.2, 0.25) is 0 Å². The van der Waals surface area contributed by atoms with Crippen molar-refractivity contribution in [1.82, 2.24) is 4.98 Å². The van der Waals surface area contributed by atoms with Crippen molar-refractivity contribution >= 4 is 5.97 Å². The summed E-state index contributed by atoms with van der Waals surface area (Å²) in [4.78, 5) is 16.7. The molecule has 1 aromatic rings. The van der Waals surface area contributed by atoms with Crippen molar-refractivity contribution in [3.8, 4) is 5.88 Å². The van der Waals surface area contributed by atoms with Gasteiger partial charge in [0.1, 0.15) is 5.41 Å². The Bertz CT molecular complexity index is 675. The van der Waals surface area contributed by atoms with Crippen LogP contribution in [0.25, 0.3) is 0 Å². The minimum Gasteiger partial charge on any atom is -0.481 e. The molecule has 0 saturated heterocycles. The van der Waals surface area contributed by atoms with Crippen LogP contribution in [0.15, 0.2) is 35.4 Å². The summed E-state index contributed by atoms with van der Waals surface area (Å²) in [6.07, 6.45) is 5.40. The number of aromatic nitrogens is 1. The van der Waals surface area contributed by atoms with Crippen molar-refractivity contribution in [1.29, 1.82) is 0 Å². The summed E-state index contributed by atoms with van der Waals surface area (Å²) < 4.78 is 5.18. The van der Waals surface area contributed by atoms with Gasteiger partial charge in [0.25, 0.3) is 0 Å². The van der Waals surface area contributed by atoms with Gasteiger partial charge in [0, 0.05) is 18.4 Å². The maximum absolute atomic E-state index is 12.2. The number of allylic oxidation sites excluding steroid dienone is 3. The third kappa shape index (κ3) is 1.82. The number of aliphatic carboxylic acids is 1. The number of fused-ring (bicyclic) bond motifs is 4. The van der Waals surface area contributed by atoms with Crippen LogP contribution < -0.4 is 4.74 Å². The molecule has 3 rings (SSSR count). The monoisotopic (exact) mass is 285 g/mol. The molecule has 1 N–H and O–H groups in total. The highest BCUT2D eigenvalue weighted by atomic mass is 16.5. The third-order valence-corrected chi connectivity index (χ3v) is 4.63. The molecule has 0 fully saturated rings. The molecule has 2 aliphatic carbocycles.